The quantitative estimate of drug-likeness (QED) is 0.298. The Labute approximate surface area is 174 Å². The molecule has 5 nitrogen and oxygen atoms in total. The van der Waals surface area contributed by atoms with Gasteiger partial charge in [0.25, 0.3) is 0 Å². The average molecular weight is 398 g/mol. The highest BCUT2D eigenvalue weighted by atomic mass is 32.1. The lowest BCUT2D eigenvalue weighted by molar-refractivity contribution is 0.892. The number of rotatable bonds is 5. The van der Waals surface area contributed by atoms with E-state index in [9.17, 15) is 0 Å². The van der Waals surface area contributed by atoms with E-state index in [4.69, 9.17) is 23.1 Å². The van der Waals surface area contributed by atoms with Gasteiger partial charge in [-0.05, 0) is 36.0 Å². The van der Waals surface area contributed by atoms with Gasteiger partial charge in [-0.1, -0.05) is 72.8 Å². The van der Waals surface area contributed by atoms with Crippen LogP contribution in [-0.4, -0.2) is 21.1 Å². The van der Waals surface area contributed by atoms with Crippen molar-refractivity contribution in [1.82, 2.24) is 15.2 Å². The first kappa shape index (κ1) is 18.6. The Morgan fingerprint density at radius 1 is 0.897 bits per heavy atom. The van der Waals surface area contributed by atoms with Crippen molar-refractivity contribution in [2.75, 3.05) is 0 Å². The fraction of sp³-hybridized carbons (Fsp3) is 0. The maximum absolute atomic E-state index is 5.37. The minimum absolute atomic E-state index is 0.135. The SMILES string of the molecule is NC(=S)NN=Cc1ccc(-n2nc(-c3ccccc3)cc2-c2ccccc2)cc1. The third-order valence-corrected chi connectivity index (χ3v) is 4.47. The zero-order valence-electron chi connectivity index (χ0n) is 15.6. The van der Waals surface area contributed by atoms with Gasteiger partial charge in [0.1, 0.15) is 0 Å². The molecule has 0 aliphatic rings. The Hall–Kier alpha value is -3.77. The van der Waals surface area contributed by atoms with Crippen LogP contribution >= 0.6 is 12.2 Å². The first-order valence-corrected chi connectivity index (χ1v) is 9.51. The van der Waals surface area contributed by atoms with E-state index in [0.29, 0.717) is 0 Å². The maximum atomic E-state index is 5.37. The van der Waals surface area contributed by atoms with Gasteiger partial charge in [-0.15, -0.1) is 0 Å². The van der Waals surface area contributed by atoms with Crippen LogP contribution in [-0.2, 0) is 0 Å². The fourth-order valence-electron chi connectivity index (χ4n) is 3.01. The third-order valence-electron chi connectivity index (χ3n) is 4.37. The minimum atomic E-state index is 0.135. The highest BCUT2D eigenvalue weighted by molar-refractivity contribution is 7.80. The van der Waals surface area contributed by atoms with E-state index in [1.807, 2.05) is 65.3 Å². The molecule has 0 aliphatic carbocycles. The second-order valence-corrected chi connectivity index (χ2v) is 6.82. The molecule has 6 heteroatoms. The molecular weight excluding hydrogens is 378 g/mol. The van der Waals surface area contributed by atoms with E-state index >= 15 is 0 Å². The lowest BCUT2D eigenvalue weighted by Crippen LogP contribution is -2.23. The predicted octanol–water partition coefficient (Wildman–Crippen LogP) is 4.37. The molecule has 3 N–H and O–H groups in total. The Kier molecular flexibility index (Phi) is 5.45. The smallest absolute Gasteiger partial charge is 0.184 e. The van der Waals surface area contributed by atoms with Gasteiger partial charge in [0, 0.05) is 11.1 Å². The van der Waals surface area contributed by atoms with Crippen molar-refractivity contribution in [3.63, 3.8) is 0 Å². The Balaban J connectivity index is 1.73. The topological polar surface area (TPSA) is 68.2 Å². The summed E-state index contributed by atoms with van der Waals surface area (Å²) in [6.45, 7) is 0. The van der Waals surface area contributed by atoms with Gasteiger partial charge in [-0.25, -0.2) is 4.68 Å². The number of nitrogens with two attached hydrogens (primary N) is 1. The molecule has 0 aliphatic heterocycles. The average Bonchev–Trinajstić information content (AvgIpc) is 3.21. The van der Waals surface area contributed by atoms with Gasteiger partial charge in [0.15, 0.2) is 5.11 Å². The molecule has 3 aromatic carbocycles. The van der Waals surface area contributed by atoms with Crippen molar-refractivity contribution in [3.05, 3.63) is 96.6 Å². The summed E-state index contributed by atoms with van der Waals surface area (Å²) in [7, 11) is 0. The molecule has 0 unspecified atom stereocenters. The van der Waals surface area contributed by atoms with Crippen LogP contribution in [0.5, 0.6) is 0 Å². The molecule has 1 heterocycles. The molecule has 29 heavy (non-hydrogen) atoms. The summed E-state index contributed by atoms with van der Waals surface area (Å²) in [5, 5.41) is 9.00. The Morgan fingerprint density at radius 2 is 1.52 bits per heavy atom. The zero-order valence-corrected chi connectivity index (χ0v) is 16.4. The first-order valence-electron chi connectivity index (χ1n) is 9.10. The molecule has 0 fully saturated rings. The van der Waals surface area contributed by atoms with Crippen LogP contribution < -0.4 is 11.2 Å². The molecule has 4 aromatic rings. The first-order chi connectivity index (χ1) is 14.2. The third kappa shape index (κ3) is 4.39. The number of nitrogens with one attached hydrogen (secondary N) is 1. The van der Waals surface area contributed by atoms with Crippen LogP contribution in [0.15, 0.2) is 96.1 Å². The Bertz CT molecular complexity index is 1130. The Morgan fingerprint density at radius 3 is 2.14 bits per heavy atom. The van der Waals surface area contributed by atoms with Crippen LogP contribution in [0.1, 0.15) is 5.56 Å². The van der Waals surface area contributed by atoms with Crippen molar-refractivity contribution in [2.24, 2.45) is 10.8 Å². The summed E-state index contributed by atoms with van der Waals surface area (Å²) in [4.78, 5) is 0. The van der Waals surface area contributed by atoms with Crippen LogP contribution in [0.4, 0.5) is 0 Å². The molecule has 4 rings (SSSR count). The molecule has 0 saturated carbocycles. The van der Waals surface area contributed by atoms with Crippen molar-refractivity contribution in [2.45, 2.75) is 0 Å². The molecule has 0 amide bonds. The highest BCUT2D eigenvalue weighted by Gasteiger charge is 2.12. The highest BCUT2D eigenvalue weighted by Crippen LogP contribution is 2.28. The molecule has 1 aromatic heterocycles. The maximum Gasteiger partial charge on any atom is 0.184 e. The standard InChI is InChI=1S/C23H19N5S/c24-23(29)26-25-16-17-11-13-20(14-12-17)28-22(19-9-5-2-6-10-19)15-21(27-28)18-7-3-1-4-8-18/h1-16H,(H3,24,26,29). The second-order valence-electron chi connectivity index (χ2n) is 6.38. The van der Waals surface area contributed by atoms with Gasteiger partial charge in [-0.3, -0.25) is 5.43 Å². The summed E-state index contributed by atoms with van der Waals surface area (Å²) in [5.41, 5.74) is 14.0. The normalized spacial score (nSPS) is 10.9. The van der Waals surface area contributed by atoms with Crippen molar-refractivity contribution in [3.8, 4) is 28.2 Å². The van der Waals surface area contributed by atoms with Crippen molar-refractivity contribution >= 4 is 23.5 Å². The minimum Gasteiger partial charge on any atom is -0.375 e. The zero-order chi connectivity index (χ0) is 20.1. The molecular formula is C23H19N5S. The van der Waals surface area contributed by atoms with Gasteiger partial charge in [-0.2, -0.15) is 10.2 Å². The number of nitrogens with zero attached hydrogens (tertiary/aromatic N) is 3. The molecule has 0 radical (unpaired) electrons. The summed E-state index contributed by atoms with van der Waals surface area (Å²) in [6.07, 6.45) is 1.67. The van der Waals surface area contributed by atoms with E-state index in [1.54, 1.807) is 6.21 Å². The van der Waals surface area contributed by atoms with E-state index in [-0.39, 0.29) is 5.11 Å². The lowest BCUT2D eigenvalue weighted by atomic mass is 10.1. The van der Waals surface area contributed by atoms with E-state index in [0.717, 1.165) is 33.8 Å². The summed E-state index contributed by atoms with van der Waals surface area (Å²) in [5.74, 6) is 0. The van der Waals surface area contributed by atoms with Crippen molar-refractivity contribution < 1.29 is 0 Å². The summed E-state index contributed by atoms with van der Waals surface area (Å²) >= 11 is 4.74. The molecule has 0 atom stereocenters. The molecule has 0 saturated heterocycles. The van der Waals surface area contributed by atoms with E-state index < -0.39 is 0 Å². The van der Waals surface area contributed by atoms with Crippen LogP contribution in [0.25, 0.3) is 28.2 Å². The number of hydrogen-bond donors (Lipinski definition) is 2. The number of aromatic nitrogens is 2. The van der Waals surface area contributed by atoms with Crippen LogP contribution in [0.2, 0.25) is 0 Å². The molecule has 0 bridgehead atoms. The van der Waals surface area contributed by atoms with E-state index in [1.165, 1.54) is 0 Å². The lowest BCUT2D eigenvalue weighted by Gasteiger charge is -2.08. The monoisotopic (exact) mass is 397 g/mol. The predicted molar refractivity (Wildman–Crippen MR) is 122 cm³/mol. The summed E-state index contributed by atoms with van der Waals surface area (Å²) in [6, 6.07) is 30.5. The largest absolute Gasteiger partial charge is 0.375 e. The van der Waals surface area contributed by atoms with Crippen molar-refractivity contribution in [1.29, 1.82) is 0 Å². The number of thiocarbonyl (C=S) groups is 1. The van der Waals surface area contributed by atoms with Crippen LogP contribution in [0.3, 0.4) is 0 Å². The van der Waals surface area contributed by atoms with Crippen LogP contribution in [0, 0.1) is 0 Å². The number of hydrazone groups is 1. The van der Waals surface area contributed by atoms with Gasteiger partial charge >= 0.3 is 0 Å². The van der Waals surface area contributed by atoms with Gasteiger partial charge in [0.05, 0.1) is 23.3 Å². The molecule has 0 spiro atoms. The number of hydrogen-bond acceptors (Lipinski definition) is 3. The summed E-state index contributed by atoms with van der Waals surface area (Å²) < 4.78 is 1.96. The second kappa shape index (κ2) is 8.50. The fourth-order valence-corrected chi connectivity index (χ4v) is 3.07. The van der Waals surface area contributed by atoms with E-state index in [2.05, 4.69) is 40.9 Å². The number of benzene rings is 3. The molecule has 142 valence electrons. The van der Waals surface area contributed by atoms with Gasteiger partial charge < -0.3 is 5.73 Å². The van der Waals surface area contributed by atoms with Gasteiger partial charge in [0.2, 0.25) is 0 Å².